The maximum absolute atomic E-state index is 12.7. The van der Waals surface area contributed by atoms with Crippen molar-refractivity contribution in [2.75, 3.05) is 20.3 Å². The minimum atomic E-state index is -0.798. The molecule has 1 aliphatic rings. The fraction of sp³-hybridized carbons (Fsp3) is 0.238. The van der Waals surface area contributed by atoms with Crippen LogP contribution in [0.3, 0.4) is 0 Å². The lowest BCUT2D eigenvalue weighted by Gasteiger charge is -2.25. The van der Waals surface area contributed by atoms with Gasteiger partial charge in [-0.1, -0.05) is 42.0 Å². The minimum absolute atomic E-state index is 0.00514. The second kappa shape index (κ2) is 7.63. The molecule has 0 bridgehead atoms. The maximum atomic E-state index is 12.7. The van der Waals surface area contributed by atoms with E-state index >= 15 is 0 Å². The number of hydrogen-bond acceptors (Lipinski definition) is 5. The number of aliphatic hydroxyl groups excluding tert-OH is 1. The number of benzene rings is 2. The maximum Gasteiger partial charge on any atom is 0.295 e. The molecule has 1 heterocycles. The van der Waals surface area contributed by atoms with Gasteiger partial charge in [-0.3, -0.25) is 9.59 Å². The number of amides is 1. The Hall–Kier alpha value is -3.12. The fourth-order valence-electron chi connectivity index (χ4n) is 3.21. The zero-order chi connectivity index (χ0) is 19.6. The van der Waals surface area contributed by atoms with Crippen LogP contribution in [-0.2, 0) is 14.3 Å². The first-order valence-electron chi connectivity index (χ1n) is 8.57. The molecule has 0 aromatic heterocycles. The Balaban J connectivity index is 2.16. The molecule has 2 N–H and O–H groups in total. The summed E-state index contributed by atoms with van der Waals surface area (Å²) in [5.74, 6) is -1.67. The number of carbonyl (C=O) groups excluding carboxylic acids is 2. The van der Waals surface area contributed by atoms with Gasteiger partial charge in [0.05, 0.1) is 18.2 Å². The molecule has 0 saturated carbocycles. The molecule has 3 rings (SSSR count). The molecule has 140 valence electrons. The number of ether oxygens (including phenoxy) is 1. The molecule has 1 amide bonds. The van der Waals surface area contributed by atoms with Gasteiger partial charge in [-0.05, 0) is 24.6 Å². The van der Waals surface area contributed by atoms with E-state index in [4.69, 9.17) is 4.74 Å². The number of ketones is 1. The third-order valence-electron chi connectivity index (χ3n) is 4.59. The number of aliphatic hydroxyl groups is 1. The standard InChI is InChI=1S/C21H21NO5/c1-13-6-8-14(9-7-13)19(24)17-18(15-4-3-5-16(23)12-15)22(10-11-27-2)21(26)20(17)25/h3-9,12,18,23-24H,10-11H2,1-2H3/b19-17+/t18-/m0/s1. The normalized spacial score (nSPS) is 18.9. The van der Waals surface area contributed by atoms with Crippen molar-refractivity contribution in [3.63, 3.8) is 0 Å². The molecule has 6 nitrogen and oxygen atoms in total. The Morgan fingerprint density at radius 3 is 2.48 bits per heavy atom. The number of phenols is 1. The van der Waals surface area contributed by atoms with Crippen LogP contribution >= 0.6 is 0 Å². The SMILES string of the molecule is COCCN1C(=O)C(=O)/C(=C(/O)c2ccc(C)cc2)[C@@H]1c1cccc(O)c1. The molecule has 1 fully saturated rings. The average Bonchev–Trinajstić information content (AvgIpc) is 2.91. The van der Waals surface area contributed by atoms with Crippen molar-refractivity contribution in [1.29, 1.82) is 0 Å². The van der Waals surface area contributed by atoms with Crippen molar-refractivity contribution in [1.82, 2.24) is 4.90 Å². The molecule has 1 atom stereocenters. The van der Waals surface area contributed by atoms with Gasteiger partial charge >= 0.3 is 0 Å². The number of carbonyl (C=O) groups is 2. The fourth-order valence-corrected chi connectivity index (χ4v) is 3.21. The molecule has 0 aliphatic carbocycles. The van der Waals surface area contributed by atoms with Crippen LogP contribution in [0.2, 0.25) is 0 Å². The summed E-state index contributed by atoms with van der Waals surface area (Å²) in [5.41, 5.74) is 2.01. The van der Waals surface area contributed by atoms with Gasteiger partial charge in [0, 0.05) is 19.2 Å². The van der Waals surface area contributed by atoms with Crippen LogP contribution in [0.1, 0.15) is 22.7 Å². The number of nitrogens with zero attached hydrogens (tertiary/aromatic N) is 1. The highest BCUT2D eigenvalue weighted by atomic mass is 16.5. The van der Waals surface area contributed by atoms with Crippen molar-refractivity contribution in [2.24, 2.45) is 0 Å². The van der Waals surface area contributed by atoms with E-state index in [0.717, 1.165) is 5.56 Å². The van der Waals surface area contributed by atoms with Crippen LogP contribution in [0.15, 0.2) is 54.1 Å². The molecule has 2 aromatic rings. The number of hydrogen-bond donors (Lipinski definition) is 2. The van der Waals surface area contributed by atoms with E-state index < -0.39 is 17.7 Å². The van der Waals surface area contributed by atoms with Crippen LogP contribution in [0.4, 0.5) is 0 Å². The smallest absolute Gasteiger partial charge is 0.295 e. The first-order valence-corrected chi connectivity index (χ1v) is 8.57. The van der Waals surface area contributed by atoms with E-state index in [1.807, 2.05) is 19.1 Å². The number of likely N-dealkylation sites (tertiary alicyclic amines) is 1. The molecule has 0 spiro atoms. The van der Waals surface area contributed by atoms with E-state index in [1.54, 1.807) is 24.3 Å². The number of Topliss-reactive ketones (excluding diaryl/α,β-unsaturated/α-hetero) is 1. The van der Waals surface area contributed by atoms with Gasteiger partial charge in [-0.15, -0.1) is 0 Å². The predicted octanol–water partition coefficient (Wildman–Crippen LogP) is 2.77. The third kappa shape index (κ3) is 3.57. The summed E-state index contributed by atoms with van der Waals surface area (Å²) >= 11 is 0. The van der Waals surface area contributed by atoms with E-state index in [-0.39, 0.29) is 30.2 Å². The highest BCUT2D eigenvalue weighted by molar-refractivity contribution is 6.46. The van der Waals surface area contributed by atoms with Gasteiger partial charge in [-0.2, -0.15) is 0 Å². The summed E-state index contributed by atoms with van der Waals surface area (Å²) in [6, 6.07) is 12.6. The summed E-state index contributed by atoms with van der Waals surface area (Å²) in [7, 11) is 1.51. The molecule has 27 heavy (non-hydrogen) atoms. The molecule has 6 heteroatoms. The van der Waals surface area contributed by atoms with Gasteiger partial charge in [-0.25, -0.2) is 0 Å². The number of methoxy groups -OCH3 is 1. The zero-order valence-corrected chi connectivity index (χ0v) is 15.2. The van der Waals surface area contributed by atoms with Crippen LogP contribution in [0.25, 0.3) is 5.76 Å². The Labute approximate surface area is 157 Å². The molecular formula is C21H21NO5. The molecule has 0 radical (unpaired) electrons. The minimum Gasteiger partial charge on any atom is -0.508 e. The Bertz CT molecular complexity index is 901. The summed E-state index contributed by atoms with van der Waals surface area (Å²) in [6.07, 6.45) is 0. The molecular weight excluding hydrogens is 346 g/mol. The largest absolute Gasteiger partial charge is 0.508 e. The lowest BCUT2D eigenvalue weighted by molar-refractivity contribution is -0.140. The summed E-state index contributed by atoms with van der Waals surface area (Å²) in [4.78, 5) is 26.7. The summed E-state index contributed by atoms with van der Waals surface area (Å²) in [6.45, 7) is 2.35. The predicted molar refractivity (Wildman–Crippen MR) is 100 cm³/mol. The third-order valence-corrected chi connectivity index (χ3v) is 4.59. The highest BCUT2D eigenvalue weighted by Crippen LogP contribution is 2.39. The van der Waals surface area contributed by atoms with Crippen molar-refractivity contribution in [3.8, 4) is 5.75 Å². The lowest BCUT2D eigenvalue weighted by Crippen LogP contribution is -2.32. The van der Waals surface area contributed by atoms with E-state index in [0.29, 0.717) is 11.1 Å². The lowest BCUT2D eigenvalue weighted by atomic mass is 9.95. The highest BCUT2D eigenvalue weighted by Gasteiger charge is 2.45. The average molecular weight is 367 g/mol. The second-order valence-corrected chi connectivity index (χ2v) is 6.45. The van der Waals surface area contributed by atoms with Crippen LogP contribution in [0.5, 0.6) is 5.75 Å². The summed E-state index contributed by atoms with van der Waals surface area (Å²) in [5, 5.41) is 20.7. The van der Waals surface area contributed by atoms with Gasteiger partial charge in [0.2, 0.25) is 0 Å². The van der Waals surface area contributed by atoms with Gasteiger partial charge in [0.15, 0.2) is 0 Å². The molecule has 1 saturated heterocycles. The first kappa shape index (κ1) is 18.7. The molecule has 1 aliphatic heterocycles. The monoisotopic (exact) mass is 367 g/mol. The summed E-state index contributed by atoms with van der Waals surface area (Å²) < 4.78 is 5.06. The van der Waals surface area contributed by atoms with Crippen molar-refractivity contribution in [2.45, 2.75) is 13.0 Å². The van der Waals surface area contributed by atoms with Gasteiger partial charge in [0.25, 0.3) is 11.7 Å². The van der Waals surface area contributed by atoms with E-state index in [2.05, 4.69) is 0 Å². The first-order chi connectivity index (χ1) is 12.9. The number of phenolic OH excluding ortho intramolecular Hbond substituents is 1. The van der Waals surface area contributed by atoms with Gasteiger partial charge < -0.3 is 19.8 Å². The van der Waals surface area contributed by atoms with E-state index in [1.165, 1.54) is 24.1 Å². The van der Waals surface area contributed by atoms with Crippen LogP contribution in [0, 0.1) is 6.92 Å². The van der Waals surface area contributed by atoms with Crippen molar-refractivity contribution < 1.29 is 24.5 Å². The molecule has 0 unspecified atom stereocenters. The van der Waals surface area contributed by atoms with Gasteiger partial charge in [0.1, 0.15) is 11.5 Å². The number of aromatic hydroxyl groups is 1. The topological polar surface area (TPSA) is 87.1 Å². The number of aryl methyl sites for hydroxylation is 1. The quantitative estimate of drug-likeness (QED) is 0.482. The second-order valence-electron chi connectivity index (χ2n) is 6.45. The zero-order valence-electron chi connectivity index (χ0n) is 15.2. The van der Waals surface area contributed by atoms with Crippen molar-refractivity contribution in [3.05, 3.63) is 70.8 Å². The Morgan fingerprint density at radius 2 is 1.85 bits per heavy atom. The van der Waals surface area contributed by atoms with Crippen LogP contribution < -0.4 is 0 Å². The molecule has 2 aromatic carbocycles. The van der Waals surface area contributed by atoms with E-state index in [9.17, 15) is 19.8 Å². The Kier molecular flexibility index (Phi) is 5.28. The van der Waals surface area contributed by atoms with Crippen molar-refractivity contribution >= 4 is 17.4 Å². The Morgan fingerprint density at radius 1 is 1.15 bits per heavy atom. The number of rotatable bonds is 5. The van der Waals surface area contributed by atoms with Crippen LogP contribution in [-0.4, -0.2) is 47.1 Å².